The molecule has 0 bridgehead atoms. The lowest BCUT2D eigenvalue weighted by Gasteiger charge is -2.17. The molecule has 0 aliphatic heterocycles. The first-order chi connectivity index (χ1) is 13.0. The van der Waals surface area contributed by atoms with E-state index in [4.69, 9.17) is 4.74 Å². The van der Waals surface area contributed by atoms with E-state index in [1.54, 1.807) is 17.5 Å². The third-order valence-electron chi connectivity index (χ3n) is 3.34. The van der Waals surface area contributed by atoms with Crippen LogP contribution in [0.25, 0.3) is 0 Å². The van der Waals surface area contributed by atoms with Crippen LogP contribution in [-0.2, 0) is 25.5 Å². The van der Waals surface area contributed by atoms with E-state index in [9.17, 15) is 19.2 Å². The van der Waals surface area contributed by atoms with Crippen molar-refractivity contribution in [3.63, 3.8) is 0 Å². The average Bonchev–Trinajstić information content (AvgIpc) is 3.19. The fraction of sp³-hybridized carbons (Fsp3) is 0.222. The number of rotatable bonds is 7. The number of esters is 1. The molecule has 3 N–H and O–H groups in total. The van der Waals surface area contributed by atoms with Crippen molar-refractivity contribution in [3.05, 3.63) is 58.3 Å². The summed E-state index contributed by atoms with van der Waals surface area (Å²) in [6, 6.07) is 11.5. The minimum atomic E-state index is -0.962. The summed E-state index contributed by atoms with van der Waals surface area (Å²) in [5.74, 6) is -2.30. The summed E-state index contributed by atoms with van der Waals surface area (Å²) in [4.78, 5) is 47.5. The smallest absolute Gasteiger partial charge is 0.329 e. The second-order valence-electron chi connectivity index (χ2n) is 5.53. The van der Waals surface area contributed by atoms with Crippen LogP contribution in [0.3, 0.4) is 0 Å². The highest BCUT2D eigenvalue weighted by Gasteiger charge is 2.24. The van der Waals surface area contributed by atoms with E-state index in [1.807, 2.05) is 30.3 Å². The van der Waals surface area contributed by atoms with E-state index in [0.717, 1.165) is 5.56 Å². The highest BCUT2D eigenvalue weighted by Crippen LogP contribution is 2.10. The fourth-order valence-corrected chi connectivity index (χ4v) is 2.74. The molecule has 2 rings (SSSR count). The molecule has 0 aliphatic rings. The van der Waals surface area contributed by atoms with Gasteiger partial charge in [0.15, 0.2) is 6.61 Å². The first kappa shape index (κ1) is 20.1. The van der Waals surface area contributed by atoms with Crippen LogP contribution in [0.4, 0.5) is 0 Å². The topological polar surface area (TPSA) is 114 Å². The molecule has 0 saturated heterocycles. The molecule has 1 aromatic heterocycles. The minimum Gasteiger partial charge on any atom is -0.454 e. The molecule has 8 nitrogen and oxygen atoms in total. The molecule has 1 aromatic carbocycles. The predicted molar refractivity (Wildman–Crippen MR) is 98.6 cm³/mol. The van der Waals surface area contributed by atoms with Gasteiger partial charge in [-0.05, 0) is 17.0 Å². The van der Waals surface area contributed by atoms with Crippen LogP contribution in [0.15, 0.2) is 47.8 Å². The van der Waals surface area contributed by atoms with Crippen molar-refractivity contribution in [2.24, 2.45) is 0 Å². The molecule has 0 fully saturated rings. The Hall–Kier alpha value is -3.20. The van der Waals surface area contributed by atoms with Gasteiger partial charge < -0.3 is 10.1 Å². The molecule has 9 heteroatoms. The van der Waals surface area contributed by atoms with Crippen LogP contribution in [0, 0.1) is 0 Å². The molecule has 1 heterocycles. The van der Waals surface area contributed by atoms with Gasteiger partial charge in [0.25, 0.3) is 11.8 Å². The Morgan fingerprint density at radius 2 is 1.78 bits per heavy atom. The van der Waals surface area contributed by atoms with Gasteiger partial charge in [0.05, 0.1) is 4.88 Å². The van der Waals surface area contributed by atoms with Gasteiger partial charge >= 0.3 is 5.97 Å². The highest BCUT2D eigenvalue weighted by atomic mass is 32.1. The molecular weight excluding hydrogens is 370 g/mol. The van der Waals surface area contributed by atoms with E-state index in [0.29, 0.717) is 4.88 Å². The number of ether oxygens (including phenoxy) is 1. The van der Waals surface area contributed by atoms with E-state index in [2.05, 4.69) is 16.2 Å². The maximum Gasteiger partial charge on any atom is 0.329 e. The standard InChI is InChI=1S/C18H19N3O5S/c1-12(22)20-21-16(23)11-26-18(25)14(10-13-6-3-2-4-7-13)19-17(24)15-8-5-9-27-15/h2-9,14H,10-11H2,1H3,(H,19,24)(H,20,22)(H,21,23)/t14-/m0/s1. The summed E-state index contributed by atoms with van der Waals surface area (Å²) < 4.78 is 4.98. The zero-order valence-corrected chi connectivity index (χ0v) is 15.4. The van der Waals surface area contributed by atoms with Crippen molar-refractivity contribution < 1.29 is 23.9 Å². The number of hydrazine groups is 1. The Bertz CT molecular complexity index is 793. The van der Waals surface area contributed by atoms with Gasteiger partial charge in [-0.25, -0.2) is 4.79 Å². The van der Waals surface area contributed by atoms with Crippen LogP contribution in [-0.4, -0.2) is 36.3 Å². The largest absolute Gasteiger partial charge is 0.454 e. The number of nitrogens with one attached hydrogen (secondary N) is 3. The van der Waals surface area contributed by atoms with Crippen LogP contribution in [0.2, 0.25) is 0 Å². The molecule has 0 saturated carbocycles. The lowest BCUT2D eigenvalue weighted by atomic mass is 10.1. The second-order valence-corrected chi connectivity index (χ2v) is 6.48. The molecule has 27 heavy (non-hydrogen) atoms. The normalized spacial score (nSPS) is 11.1. The Morgan fingerprint density at radius 3 is 2.41 bits per heavy atom. The average molecular weight is 389 g/mol. The van der Waals surface area contributed by atoms with Crippen molar-refractivity contribution in [1.82, 2.24) is 16.2 Å². The first-order valence-electron chi connectivity index (χ1n) is 8.06. The van der Waals surface area contributed by atoms with Gasteiger partial charge in [-0.2, -0.15) is 0 Å². The molecule has 0 spiro atoms. The maximum atomic E-state index is 12.4. The van der Waals surface area contributed by atoms with E-state index >= 15 is 0 Å². The highest BCUT2D eigenvalue weighted by molar-refractivity contribution is 7.12. The number of thiophene rings is 1. The molecular formula is C18H19N3O5S. The van der Waals surface area contributed by atoms with Gasteiger partial charge in [0.1, 0.15) is 6.04 Å². The second kappa shape index (κ2) is 10.1. The summed E-state index contributed by atoms with van der Waals surface area (Å²) in [5, 5.41) is 4.39. The lowest BCUT2D eigenvalue weighted by Crippen LogP contribution is -2.46. The van der Waals surface area contributed by atoms with Crippen molar-refractivity contribution >= 4 is 35.0 Å². The van der Waals surface area contributed by atoms with Crippen molar-refractivity contribution in [3.8, 4) is 0 Å². The van der Waals surface area contributed by atoms with Gasteiger partial charge in [-0.1, -0.05) is 36.4 Å². The zero-order chi connectivity index (χ0) is 19.6. The van der Waals surface area contributed by atoms with E-state index in [-0.39, 0.29) is 6.42 Å². The summed E-state index contributed by atoms with van der Waals surface area (Å²) in [7, 11) is 0. The number of hydrogen-bond acceptors (Lipinski definition) is 6. The summed E-state index contributed by atoms with van der Waals surface area (Å²) in [5.41, 5.74) is 5.01. The molecule has 0 aliphatic carbocycles. The third-order valence-corrected chi connectivity index (χ3v) is 4.21. The van der Waals surface area contributed by atoms with Gasteiger partial charge in [-0.15, -0.1) is 11.3 Å². The molecule has 0 unspecified atom stereocenters. The van der Waals surface area contributed by atoms with E-state index < -0.39 is 36.3 Å². The molecule has 142 valence electrons. The quantitative estimate of drug-likeness (QED) is 0.479. The first-order valence-corrected chi connectivity index (χ1v) is 8.94. The van der Waals surface area contributed by atoms with Crippen LogP contribution < -0.4 is 16.2 Å². The Labute approximate surface area is 159 Å². The van der Waals surface area contributed by atoms with Crippen molar-refractivity contribution in [2.75, 3.05) is 6.61 Å². The van der Waals surface area contributed by atoms with Gasteiger partial charge in [-0.3, -0.25) is 25.2 Å². The number of hydrogen-bond donors (Lipinski definition) is 3. The SMILES string of the molecule is CC(=O)NNC(=O)COC(=O)[C@H](Cc1ccccc1)NC(=O)c1cccs1. The molecule has 2 aromatic rings. The van der Waals surface area contributed by atoms with E-state index in [1.165, 1.54) is 18.3 Å². The van der Waals surface area contributed by atoms with Gasteiger partial charge in [0.2, 0.25) is 5.91 Å². The predicted octanol–water partition coefficient (Wildman–Crippen LogP) is 0.800. The zero-order valence-electron chi connectivity index (χ0n) is 14.6. The van der Waals surface area contributed by atoms with Crippen LogP contribution in [0.5, 0.6) is 0 Å². The summed E-state index contributed by atoms with van der Waals surface area (Å²) in [6.07, 6.45) is 0.212. The molecule has 1 atom stereocenters. The van der Waals surface area contributed by atoms with Gasteiger partial charge in [0, 0.05) is 13.3 Å². The summed E-state index contributed by atoms with van der Waals surface area (Å²) >= 11 is 1.25. The lowest BCUT2D eigenvalue weighted by molar-refractivity contribution is -0.150. The maximum absolute atomic E-state index is 12.4. The van der Waals surface area contributed by atoms with Crippen LogP contribution >= 0.6 is 11.3 Å². The number of carbonyl (C=O) groups is 4. The van der Waals surface area contributed by atoms with Crippen molar-refractivity contribution in [2.45, 2.75) is 19.4 Å². The monoisotopic (exact) mass is 389 g/mol. The number of carbonyl (C=O) groups excluding carboxylic acids is 4. The Balaban J connectivity index is 1.99. The Kier molecular flexibility index (Phi) is 7.50. The molecule has 0 radical (unpaired) electrons. The molecule has 3 amide bonds. The fourth-order valence-electron chi connectivity index (χ4n) is 2.11. The third kappa shape index (κ3) is 6.90. The minimum absolute atomic E-state index is 0.212. The van der Waals surface area contributed by atoms with Crippen molar-refractivity contribution in [1.29, 1.82) is 0 Å². The summed E-state index contributed by atoms with van der Waals surface area (Å²) in [6.45, 7) is 0.640. The number of amides is 3. The van der Waals surface area contributed by atoms with Crippen LogP contribution in [0.1, 0.15) is 22.2 Å². The number of benzene rings is 1. The Morgan fingerprint density at radius 1 is 1.04 bits per heavy atom.